The maximum Gasteiger partial charge on any atom is 0.331 e. The zero-order valence-electron chi connectivity index (χ0n) is 24.7. The highest BCUT2D eigenvalue weighted by molar-refractivity contribution is 6.35. The Kier molecular flexibility index (Phi) is 13.8. The molecular weight excluding hydrogens is 603 g/mol. The number of hydrogen-bond acceptors (Lipinski definition) is 10. The Bertz CT molecular complexity index is 1250. The molecule has 1 saturated heterocycles. The van der Waals surface area contributed by atoms with E-state index in [1.165, 1.54) is 26.3 Å². The van der Waals surface area contributed by atoms with Crippen LogP contribution in [-0.2, 0) is 35.0 Å². The van der Waals surface area contributed by atoms with Gasteiger partial charge < -0.3 is 33.7 Å². The van der Waals surface area contributed by atoms with Gasteiger partial charge in [-0.25, -0.2) is 9.78 Å². The van der Waals surface area contributed by atoms with Crippen LogP contribution in [0.3, 0.4) is 0 Å². The predicted octanol–water partition coefficient (Wildman–Crippen LogP) is 4.79. The summed E-state index contributed by atoms with van der Waals surface area (Å²) in [5.74, 6) is -2.11. The third-order valence-electron chi connectivity index (χ3n) is 6.76. The van der Waals surface area contributed by atoms with Crippen LogP contribution in [0, 0.1) is 5.92 Å². The lowest BCUT2D eigenvalue weighted by Crippen LogP contribution is -2.46. The first-order chi connectivity index (χ1) is 20.6. The molecule has 13 heteroatoms. The van der Waals surface area contributed by atoms with E-state index in [2.05, 4.69) is 17.2 Å². The van der Waals surface area contributed by atoms with Gasteiger partial charge in [0.1, 0.15) is 6.10 Å². The average Bonchev–Trinajstić information content (AvgIpc) is 3.01. The summed E-state index contributed by atoms with van der Waals surface area (Å²) in [4.78, 5) is 41.9. The van der Waals surface area contributed by atoms with E-state index in [1.807, 2.05) is 6.07 Å². The highest BCUT2D eigenvalue weighted by Crippen LogP contribution is 2.30. The Morgan fingerprint density at radius 1 is 1.16 bits per heavy atom. The largest absolute Gasteiger partial charge is 0.493 e. The summed E-state index contributed by atoms with van der Waals surface area (Å²) in [6.07, 6.45) is 3.57. The van der Waals surface area contributed by atoms with E-state index in [0.29, 0.717) is 23.1 Å². The first-order valence-corrected chi connectivity index (χ1v) is 14.8. The average molecular weight is 642 g/mol. The van der Waals surface area contributed by atoms with Gasteiger partial charge in [-0.1, -0.05) is 49.0 Å². The van der Waals surface area contributed by atoms with Crippen molar-refractivity contribution in [3.63, 3.8) is 0 Å². The fourth-order valence-corrected chi connectivity index (χ4v) is 5.08. The quantitative estimate of drug-likeness (QED) is 0.185. The van der Waals surface area contributed by atoms with Crippen molar-refractivity contribution in [1.82, 2.24) is 10.3 Å². The molecule has 4 atom stereocenters. The highest BCUT2D eigenvalue weighted by atomic mass is 35.5. The number of amides is 1. The van der Waals surface area contributed by atoms with Crippen molar-refractivity contribution in [2.45, 2.75) is 64.7 Å². The minimum absolute atomic E-state index is 0.0603. The lowest BCUT2D eigenvalue weighted by atomic mass is 9.91. The molecule has 1 aromatic carbocycles. The molecule has 2 heterocycles. The first kappa shape index (κ1) is 34.4. The van der Waals surface area contributed by atoms with Crippen molar-refractivity contribution in [2.75, 3.05) is 33.7 Å². The van der Waals surface area contributed by atoms with Crippen LogP contribution in [0.15, 0.2) is 30.5 Å². The molecule has 0 radical (unpaired) electrons. The summed E-state index contributed by atoms with van der Waals surface area (Å²) in [6.45, 7) is 5.14. The lowest BCUT2D eigenvalue weighted by Gasteiger charge is -2.31. The molecule has 1 fully saturated rings. The number of carbonyl (C=O) groups is 3. The van der Waals surface area contributed by atoms with Crippen LogP contribution in [0.2, 0.25) is 10.0 Å². The fraction of sp³-hybridized carbons (Fsp3) is 0.533. The number of pyridine rings is 1. The van der Waals surface area contributed by atoms with Gasteiger partial charge in [-0.15, -0.1) is 0 Å². The summed E-state index contributed by atoms with van der Waals surface area (Å²) in [7, 11) is 1.38. The van der Waals surface area contributed by atoms with E-state index in [9.17, 15) is 14.4 Å². The van der Waals surface area contributed by atoms with Crippen LogP contribution in [0.5, 0.6) is 11.5 Å². The van der Waals surface area contributed by atoms with Crippen LogP contribution < -0.4 is 14.8 Å². The molecule has 236 valence electrons. The zero-order valence-corrected chi connectivity index (χ0v) is 26.2. The van der Waals surface area contributed by atoms with Crippen LogP contribution in [0.4, 0.5) is 0 Å². The summed E-state index contributed by atoms with van der Waals surface area (Å²) >= 11 is 12.6. The lowest BCUT2D eigenvalue weighted by molar-refractivity contribution is -0.160. The van der Waals surface area contributed by atoms with Crippen molar-refractivity contribution in [1.29, 1.82) is 0 Å². The molecule has 0 spiro atoms. The molecule has 1 N–H and O–H groups in total. The van der Waals surface area contributed by atoms with Gasteiger partial charge in [0.25, 0.3) is 5.91 Å². The van der Waals surface area contributed by atoms with Crippen molar-refractivity contribution in [2.24, 2.45) is 5.92 Å². The van der Waals surface area contributed by atoms with Crippen LogP contribution >= 0.6 is 23.2 Å². The van der Waals surface area contributed by atoms with Crippen molar-refractivity contribution < 1.29 is 42.8 Å². The molecule has 1 amide bonds. The Morgan fingerprint density at radius 3 is 2.65 bits per heavy atom. The molecule has 0 unspecified atom stereocenters. The predicted molar refractivity (Wildman–Crippen MR) is 159 cm³/mol. The number of esters is 2. The highest BCUT2D eigenvalue weighted by Gasteiger charge is 2.36. The maximum absolute atomic E-state index is 13.3. The molecule has 2 aromatic rings. The van der Waals surface area contributed by atoms with Crippen LogP contribution in [-0.4, -0.2) is 74.8 Å². The smallest absolute Gasteiger partial charge is 0.331 e. The number of methoxy groups -OCH3 is 1. The molecule has 0 aliphatic carbocycles. The number of nitrogens with zero attached hydrogens (tertiary/aromatic N) is 1. The third-order valence-corrected chi connectivity index (χ3v) is 7.35. The number of hydrogen-bond donors (Lipinski definition) is 1. The topological polar surface area (TPSA) is 132 Å². The number of benzene rings is 1. The number of rotatable bonds is 13. The minimum Gasteiger partial charge on any atom is -0.493 e. The fourth-order valence-electron chi connectivity index (χ4n) is 4.59. The van der Waals surface area contributed by atoms with Crippen molar-refractivity contribution in [3.05, 3.63) is 51.8 Å². The van der Waals surface area contributed by atoms with Gasteiger partial charge in [-0.2, -0.15) is 0 Å². The van der Waals surface area contributed by atoms with Gasteiger partial charge in [-0.3, -0.25) is 9.59 Å². The Balaban J connectivity index is 1.80. The monoisotopic (exact) mass is 640 g/mol. The SMILES string of the molecule is CCCCCO[C@@H]1[C@@H](Cc2ccc(Cl)cc2Cl)COC[C@H](NC(=O)c2nccc(OC)c2OCOC(C)=O)C(=O)O[C@H]1C. The van der Waals surface area contributed by atoms with E-state index in [0.717, 1.165) is 24.8 Å². The molecule has 0 saturated carbocycles. The Labute approximate surface area is 261 Å². The van der Waals surface area contributed by atoms with Gasteiger partial charge in [0.15, 0.2) is 23.2 Å². The van der Waals surface area contributed by atoms with E-state index >= 15 is 0 Å². The Hall–Kier alpha value is -3.12. The number of cyclic esters (lactones) is 1. The second-order valence-corrected chi connectivity index (χ2v) is 10.9. The molecule has 3 rings (SSSR count). The van der Waals surface area contributed by atoms with Gasteiger partial charge in [-0.05, 0) is 37.5 Å². The van der Waals surface area contributed by atoms with Gasteiger partial charge in [0, 0.05) is 41.8 Å². The maximum atomic E-state index is 13.3. The summed E-state index contributed by atoms with van der Waals surface area (Å²) in [5.41, 5.74) is 0.675. The Morgan fingerprint density at radius 2 is 1.95 bits per heavy atom. The second-order valence-electron chi connectivity index (χ2n) is 10.0. The van der Waals surface area contributed by atoms with E-state index in [1.54, 1.807) is 19.1 Å². The summed E-state index contributed by atoms with van der Waals surface area (Å²) < 4.78 is 33.7. The van der Waals surface area contributed by atoms with Crippen molar-refractivity contribution in [3.8, 4) is 11.5 Å². The molecule has 43 heavy (non-hydrogen) atoms. The minimum atomic E-state index is -1.16. The zero-order chi connectivity index (χ0) is 31.4. The summed E-state index contributed by atoms with van der Waals surface area (Å²) in [6, 6.07) is 5.61. The number of unbranched alkanes of at least 4 members (excludes halogenated alkanes) is 2. The normalized spacial score (nSPS) is 20.7. The molecule has 1 aromatic heterocycles. The first-order valence-electron chi connectivity index (χ1n) is 14.1. The third kappa shape index (κ3) is 10.2. The van der Waals surface area contributed by atoms with Gasteiger partial charge >= 0.3 is 11.9 Å². The second kappa shape index (κ2) is 17.2. The number of halogens is 2. The van der Waals surface area contributed by atoms with E-state index in [-0.39, 0.29) is 36.3 Å². The number of aromatic nitrogens is 1. The molecular formula is C30H38Cl2N2O9. The van der Waals surface area contributed by atoms with Gasteiger partial charge in [0.2, 0.25) is 6.79 Å². The molecule has 0 bridgehead atoms. The van der Waals surface area contributed by atoms with E-state index < -0.39 is 42.9 Å². The standard InChI is InChI=1S/C30H38Cl2N2O9/c1-5-6-7-12-40-27-18(2)43-30(37)24(16-39-15-21(27)13-20-8-9-22(31)14-23(20)32)34-29(36)26-28(42-17-41-19(3)35)25(38-4)10-11-33-26/h8-11,14,18,21,24,27H,5-7,12-13,15-17H2,1-4H3,(H,34,36)/t18-,21-,24-,27-/m0/s1. The molecule has 1 aliphatic heterocycles. The molecule has 1 aliphatic rings. The number of nitrogens with one attached hydrogen (secondary N) is 1. The van der Waals surface area contributed by atoms with Crippen molar-refractivity contribution >= 4 is 41.0 Å². The van der Waals surface area contributed by atoms with Crippen LogP contribution in [0.1, 0.15) is 56.1 Å². The van der Waals surface area contributed by atoms with E-state index in [4.69, 9.17) is 51.6 Å². The molecule has 11 nitrogen and oxygen atoms in total. The van der Waals surface area contributed by atoms with Gasteiger partial charge in [0.05, 0.1) is 26.4 Å². The van der Waals surface area contributed by atoms with Crippen LogP contribution in [0.25, 0.3) is 0 Å². The number of carbonyl (C=O) groups excluding carboxylic acids is 3. The number of ether oxygens (including phenoxy) is 6. The summed E-state index contributed by atoms with van der Waals surface area (Å²) in [5, 5.41) is 3.67.